The molecule has 0 aromatic heterocycles. The molecule has 4 nitrogen and oxygen atoms in total. The van der Waals surface area contributed by atoms with E-state index in [1.165, 1.54) is 12.8 Å². The van der Waals surface area contributed by atoms with Crippen LogP contribution in [-0.4, -0.2) is 47.8 Å². The van der Waals surface area contributed by atoms with Crippen molar-refractivity contribution in [1.29, 1.82) is 0 Å². The smallest absolute Gasteiger partial charge is 0.303 e. The maximum Gasteiger partial charge on any atom is 0.303 e. The van der Waals surface area contributed by atoms with Gasteiger partial charge in [-0.05, 0) is 39.7 Å². The third-order valence-electron chi connectivity index (χ3n) is 3.94. The Hall–Kier alpha value is -0.610. The van der Waals surface area contributed by atoms with Crippen LogP contribution in [0.25, 0.3) is 0 Å². The summed E-state index contributed by atoms with van der Waals surface area (Å²) in [7, 11) is 1.73. The molecule has 100 valence electrons. The van der Waals surface area contributed by atoms with Gasteiger partial charge in [-0.3, -0.25) is 9.69 Å². The molecule has 0 bridgehead atoms. The van der Waals surface area contributed by atoms with Crippen LogP contribution in [0.5, 0.6) is 0 Å². The number of likely N-dealkylation sites (tertiary alicyclic amines) is 1. The van der Waals surface area contributed by atoms with E-state index in [0.717, 1.165) is 19.4 Å². The van der Waals surface area contributed by atoms with Crippen molar-refractivity contribution in [3.63, 3.8) is 0 Å². The number of rotatable bonds is 6. The molecule has 1 aliphatic rings. The first kappa shape index (κ1) is 14.5. The number of hydrogen-bond donors (Lipinski definition) is 1. The van der Waals surface area contributed by atoms with Gasteiger partial charge in [-0.25, -0.2) is 0 Å². The molecule has 1 rings (SSSR count). The Balaban J connectivity index is 2.55. The summed E-state index contributed by atoms with van der Waals surface area (Å²) < 4.78 is 5.38. The Morgan fingerprint density at radius 1 is 1.47 bits per heavy atom. The van der Waals surface area contributed by atoms with E-state index in [2.05, 4.69) is 18.7 Å². The Morgan fingerprint density at radius 3 is 2.76 bits per heavy atom. The SMILES string of the molecule is COC(C)C(C)N1CCCCC1CCC(=O)O. The van der Waals surface area contributed by atoms with Gasteiger partial charge in [0.05, 0.1) is 6.10 Å². The summed E-state index contributed by atoms with van der Waals surface area (Å²) in [5.74, 6) is -0.692. The predicted octanol–water partition coefficient (Wildman–Crippen LogP) is 2.13. The third kappa shape index (κ3) is 4.28. The van der Waals surface area contributed by atoms with E-state index < -0.39 is 5.97 Å². The van der Waals surface area contributed by atoms with Gasteiger partial charge >= 0.3 is 5.97 Å². The highest BCUT2D eigenvalue weighted by atomic mass is 16.5. The van der Waals surface area contributed by atoms with Crippen molar-refractivity contribution in [1.82, 2.24) is 4.90 Å². The van der Waals surface area contributed by atoms with Crippen molar-refractivity contribution >= 4 is 5.97 Å². The molecule has 1 saturated heterocycles. The van der Waals surface area contributed by atoms with Gasteiger partial charge in [0.1, 0.15) is 0 Å². The van der Waals surface area contributed by atoms with Gasteiger partial charge in [0.15, 0.2) is 0 Å². The maximum absolute atomic E-state index is 10.7. The zero-order valence-corrected chi connectivity index (χ0v) is 11.2. The van der Waals surface area contributed by atoms with Crippen LogP contribution in [0.2, 0.25) is 0 Å². The highest BCUT2D eigenvalue weighted by molar-refractivity contribution is 5.66. The maximum atomic E-state index is 10.7. The van der Waals surface area contributed by atoms with Gasteiger partial charge < -0.3 is 9.84 Å². The number of ether oxygens (including phenoxy) is 1. The molecule has 0 radical (unpaired) electrons. The van der Waals surface area contributed by atoms with E-state index in [0.29, 0.717) is 12.1 Å². The molecule has 0 aromatic rings. The Labute approximate surface area is 104 Å². The topological polar surface area (TPSA) is 49.8 Å². The third-order valence-corrected chi connectivity index (χ3v) is 3.94. The summed E-state index contributed by atoms with van der Waals surface area (Å²) in [4.78, 5) is 13.1. The van der Waals surface area contributed by atoms with Crippen LogP contribution in [0, 0.1) is 0 Å². The Kier molecular flexibility index (Phi) is 5.92. The summed E-state index contributed by atoms with van der Waals surface area (Å²) in [6, 6.07) is 0.770. The van der Waals surface area contributed by atoms with Crippen LogP contribution in [-0.2, 0) is 9.53 Å². The number of carbonyl (C=O) groups is 1. The molecule has 1 N–H and O–H groups in total. The van der Waals surface area contributed by atoms with Gasteiger partial charge in [-0.15, -0.1) is 0 Å². The number of aliphatic carboxylic acids is 1. The average molecular weight is 243 g/mol. The highest BCUT2D eigenvalue weighted by Crippen LogP contribution is 2.24. The lowest BCUT2D eigenvalue weighted by atomic mass is 9.95. The van der Waals surface area contributed by atoms with E-state index >= 15 is 0 Å². The van der Waals surface area contributed by atoms with E-state index in [1.54, 1.807) is 7.11 Å². The van der Waals surface area contributed by atoms with Gasteiger partial charge in [0.2, 0.25) is 0 Å². The van der Waals surface area contributed by atoms with Crippen LogP contribution in [0.15, 0.2) is 0 Å². The molecule has 3 unspecified atom stereocenters. The Morgan fingerprint density at radius 2 is 2.18 bits per heavy atom. The molecule has 3 atom stereocenters. The van der Waals surface area contributed by atoms with Gasteiger partial charge in [-0.2, -0.15) is 0 Å². The van der Waals surface area contributed by atoms with Crippen molar-refractivity contribution in [2.45, 2.75) is 64.1 Å². The first-order valence-corrected chi connectivity index (χ1v) is 6.56. The second-order valence-electron chi connectivity index (χ2n) is 5.00. The van der Waals surface area contributed by atoms with Crippen LogP contribution in [0.3, 0.4) is 0 Å². The number of piperidine rings is 1. The standard InChI is InChI=1S/C13H25NO3/c1-10(11(2)17-3)14-9-5-4-6-12(14)7-8-13(15)16/h10-12H,4-9H2,1-3H3,(H,15,16). The minimum Gasteiger partial charge on any atom is -0.481 e. The average Bonchev–Trinajstić information content (AvgIpc) is 2.34. The van der Waals surface area contributed by atoms with Crippen LogP contribution in [0.1, 0.15) is 46.0 Å². The second kappa shape index (κ2) is 6.97. The molecule has 1 heterocycles. The molecule has 0 saturated carbocycles. The number of carboxylic acids is 1. The lowest BCUT2D eigenvalue weighted by Crippen LogP contribution is -2.49. The number of nitrogens with zero attached hydrogens (tertiary/aromatic N) is 1. The van der Waals surface area contributed by atoms with E-state index in [1.807, 2.05) is 0 Å². The summed E-state index contributed by atoms with van der Waals surface area (Å²) >= 11 is 0. The van der Waals surface area contributed by atoms with E-state index in [-0.39, 0.29) is 12.5 Å². The molecule has 1 aliphatic heterocycles. The fraction of sp³-hybridized carbons (Fsp3) is 0.923. The van der Waals surface area contributed by atoms with Gasteiger partial charge in [0.25, 0.3) is 0 Å². The molecule has 4 heteroatoms. The zero-order valence-electron chi connectivity index (χ0n) is 11.2. The normalized spacial score (nSPS) is 25.5. The first-order valence-electron chi connectivity index (χ1n) is 6.56. The van der Waals surface area contributed by atoms with Gasteiger partial charge in [0, 0.05) is 25.6 Å². The molecule has 17 heavy (non-hydrogen) atoms. The molecule has 1 fully saturated rings. The minimum absolute atomic E-state index is 0.195. The molecule has 0 spiro atoms. The summed E-state index contributed by atoms with van der Waals surface area (Å²) in [6.07, 6.45) is 4.78. The fourth-order valence-corrected chi connectivity index (χ4v) is 2.63. The van der Waals surface area contributed by atoms with Crippen LogP contribution >= 0.6 is 0 Å². The van der Waals surface area contributed by atoms with E-state index in [4.69, 9.17) is 9.84 Å². The van der Waals surface area contributed by atoms with Crippen molar-refractivity contribution in [3.05, 3.63) is 0 Å². The summed E-state index contributed by atoms with van der Waals surface area (Å²) in [5, 5.41) is 8.78. The lowest BCUT2D eigenvalue weighted by molar-refractivity contribution is -0.137. The summed E-state index contributed by atoms with van der Waals surface area (Å²) in [6.45, 7) is 5.32. The zero-order chi connectivity index (χ0) is 12.8. The second-order valence-corrected chi connectivity index (χ2v) is 5.00. The minimum atomic E-state index is -0.692. The fourth-order valence-electron chi connectivity index (χ4n) is 2.63. The monoisotopic (exact) mass is 243 g/mol. The first-order chi connectivity index (χ1) is 8.06. The van der Waals surface area contributed by atoms with Crippen LogP contribution in [0.4, 0.5) is 0 Å². The summed E-state index contributed by atoms with van der Waals surface area (Å²) in [5.41, 5.74) is 0. The molecular formula is C13H25NO3. The lowest BCUT2D eigenvalue weighted by Gasteiger charge is -2.41. The van der Waals surface area contributed by atoms with Crippen molar-refractivity contribution < 1.29 is 14.6 Å². The van der Waals surface area contributed by atoms with Crippen molar-refractivity contribution in [2.75, 3.05) is 13.7 Å². The number of carboxylic acid groups (broad SMARTS) is 1. The van der Waals surface area contributed by atoms with Crippen molar-refractivity contribution in [2.24, 2.45) is 0 Å². The number of methoxy groups -OCH3 is 1. The Bertz CT molecular complexity index is 245. The van der Waals surface area contributed by atoms with Crippen LogP contribution < -0.4 is 0 Å². The molecule has 0 aromatic carbocycles. The molecule has 0 aliphatic carbocycles. The largest absolute Gasteiger partial charge is 0.481 e. The quantitative estimate of drug-likeness (QED) is 0.776. The van der Waals surface area contributed by atoms with E-state index in [9.17, 15) is 4.79 Å². The highest BCUT2D eigenvalue weighted by Gasteiger charge is 2.29. The van der Waals surface area contributed by atoms with Crippen molar-refractivity contribution in [3.8, 4) is 0 Å². The molecule has 0 amide bonds. The van der Waals surface area contributed by atoms with Gasteiger partial charge in [-0.1, -0.05) is 6.42 Å². The number of hydrogen-bond acceptors (Lipinski definition) is 3. The molecular weight excluding hydrogens is 218 g/mol. The predicted molar refractivity (Wildman–Crippen MR) is 67.1 cm³/mol.